The van der Waals surface area contributed by atoms with Crippen LogP contribution in [-0.4, -0.2) is 37.6 Å². The Kier molecular flexibility index (Phi) is 4.39. The van der Waals surface area contributed by atoms with Gasteiger partial charge in [-0.15, -0.1) is 0 Å². The number of hydrogen-bond acceptors (Lipinski definition) is 5. The summed E-state index contributed by atoms with van der Waals surface area (Å²) in [5.74, 6) is -0.269. The number of nitrogens with zero attached hydrogens (tertiary/aromatic N) is 2. The van der Waals surface area contributed by atoms with Crippen molar-refractivity contribution in [3.8, 4) is 0 Å². The maximum atomic E-state index is 12.3. The Bertz CT molecular complexity index is 827. The van der Waals surface area contributed by atoms with Gasteiger partial charge in [0.1, 0.15) is 5.82 Å². The average molecular weight is 347 g/mol. The molecule has 1 aliphatic heterocycles. The highest BCUT2D eigenvalue weighted by molar-refractivity contribution is 7.92. The first kappa shape index (κ1) is 16.3. The molecule has 0 radical (unpaired) electrons. The van der Waals surface area contributed by atoms with E-state index >= 15 is 0 Å². The molecule has 1 aromatic carbocycles. The van der Waals surface area contributed by atoms with Crippen molar-refractivity contribution in [2.24, 2.45) is 0 Å². The first-order chi connectivity index (χ1) is 11.5. The van der Waals surface area contributed by atoms with Crippen LogP contribution in [0.25, 0.3) is 0 Å². The van der Waals surface area contributed by atoms with E-state index in [-0.39, 0.29) is 10.5 Å². The summed E-state index contributed by atoms with van der Waals surface area (Å²) in [5.41, 5.74) is 0.394. The highest BCUT2D eigenvalue weighted by Gasteiger charge is 2.17. The molecule has 24 heavy (non-hydrogen) atoms. The molecular formula is C16H17N3O4S. The minimum atomic E-state index is -3.78. The van der Waals surface area contributed by atoms with Crippen LogP contribution in [0.2, 0.25) is 0 Å². The van der Waals surface area contributed by atoms with Gasteiger partial charge in [-0.2, -0.15) is 0 Å². The molecule has 3 rings (SSSR count). The molecule has 8 heteroatoms. The van der Waals surface area contributed by atoms with Crippen molar-refractivity contribution in [3.63, 3.8) is 0 Å². The fourth-order valence-corrected chi connectivity index (χ4v) is 3.61. The third kappa shape index (κ3) is 3.48. The number of anilines is 2. The van der Waals surface area contributed by atoms with Gasteiger partial charge in [0, 0.05) is 13.1 Å². The smallest absolute Gasteiger partial charge is 0.335 e. The monoisotopic (exact) mass is 347 g/mol. The molecule has 1 aliphatic rings. The molecule has 1 saturated heterocycles. The van der Waals surface area contributed by atoms with Crippen LogP contribution in [0.3, 0.4) is 0 Å². The molecule has 1 fully saturated rings. The summed E-state index contributed by atoms with van der Waals surface area (Å²) in [4.78, 5) is 17.3. The molecular weight excluding hydrogens is 330 g/mol. The molecule has 0 bridgehead atoms. The SMILES string of the molecule is O=C(O)c1ccc(S(=O)(=O)Nc2ccc(N3CCCC3)nc2)cc1. The van der Waals surface area contributed by atoms with Crippen LogP contribution in [0.15, 0.2) is 47.5 Å². The number of carboxylic acid groups (broad SMARTS) is 1. The highest BCUT2D eigenvalue weighted by Crippen LogP contribution is 2.21. The standard InChI is InChI=1S/C16H17N3O4S/c20-16(21)12-3-6-14(7-4-12)24(22,23)18-13-5-8-15(17-11-13)19-9-1-2-10-19/h3-8,11,18H,1-2,9-10H2,(H,20,21). The topological polar surface area (TPSA) is 99.6 Å². The normalized spacial score (nSPS) is 14.6. The minimum Gasteiger partial charge on any atom is -0.478 e. The predicted octanol–water partition coefficient (Wildman–Crippen LogP) is 2.18. The summed E-state index contributed by atoms with van der Waals surface area (Å²) in [5, 5.41) is 8.85. The molecule has 0 saturated carbocycles. The van der Waals surface area contributed by atoms with Gasteiger partial charge in [-0.1, -0.05) is 0 Å². The van der Waals surface area contributed by atoms with Crippen LogP contribution in [0.1, 0.15) is 23.2 Å². The van der Waals surface area contributed by atoms with E-state index in [9.17, 15) is 13.2 Å². The third-order valence-electron chi connectivity index (χ3n) is 3.84. The lowest BCUT2D eigenvalue weighted by Crippen LogP contribution is -2.19. The van der Waals surface area contributed by atoms with Crippen LogP contribution in [0, 0.1) is 0 Å². The van der Waals surface area contributed by atoms with Crippen LogP contribution in [-0.2, 0) is 10.0 Å². The number of nitrogens with one attached hydrogen (secondary N) is 1. The van der Waals surface area contributed by atoms with E-state index in [1.807, 2.05) is 0 Å². The molecule has 0 aliphatic carbocycles. The van der Waals surface area contributed by atoms with Crippen molar-refractivity contribution < 1.29 is 18.3 Å². The van der Waals surface area contributed by atoms with Gasteiger partial charge in [0.15, 0.2) is 0 Å². The second-order valence-corrected chi connectivity index (χ2v) is 7.22. The van der Waals surface area contributed by atoms with Gasteiger partial charge in [-0.3, -0.25) is 4.72 Å². The Morgan fingerprint density at radius 2 is 1.75 bits per heavy atom. The average Bonchev–Trinajstić information content (AvgIpc) is 3.10. The zero-order valence-corrected chi connectivity index (χ0v) is 13.7. The largest absolute Gasteiger partial charge is 0.478 e. The van der Waals surface area contributed by atoms with Crippen LogP contribution in [0.4, 0.5) is 11.5 Å². The van der Waals surface area contributed by atoms with Gasteiger partial charge in [-0.05, 0) is 49.2 Å². The van der Waals surface area contributed by atoms with Gasteiger partial charge in [0.05, 0.1) is 22.3 Å². The van der Waals surface area contributed by atoms with E-state index in [1.165, 1.54) is 30.5 Å². The van der Waals surface area contributed by atoms with Crippen molar-refractivity contribution in [1.29, 1.82) is 0 Å². The Labute approximate surface area is 140 Å². The predicted molar refractivity (Wildman–Crippen MR) is 89.9 cm³/mol. The lowest BCUT2D eigenvalue weighted by Gasteiger charge is -2.16. The quantitative estimate of drug-likeness (QED) is 0.860. The molecule has 7 nitrogen and oxygen atoms in total. The fourth-order valence-electron chi connectivity index (χ4n) is 2.57. The van der Waals surface area contributed by atoms with Crippen LogP contribution in [0.5, 0.6) is 0 Å². The van der Waals surface area contributed by atoms with Crippen LogP contribution < -0.4 is 9.62 Å². The maximum Gasteiger partial charge on any atom is 0.335 e. The Morgan fingerprint density at radius 3 is 2.29 bits per heavy atom. The second-order valence-electron chi connectivity index (χ2n) is 5.53. The summed E-state index contributed by atoms with van der Waals surface area (Å²) in [7, 11) is -3.78. The van der Waals surface area contributed by atoms with Crippen molar-refractivity contribution in [3.05, 3.63) is 48.2 Å². The Balaban J connectivity index is 1.75. The summed E-state index contributed by atoms with van der Waals surface area (Å²) in [6, 6.07) is 8.49. The number of benzene rings is 1. The van der Waals surface area contributed by atoms with Crippen molar-refractivity contribution >= 4 is 27.5 Å². The summed E-state index contributed by atoms with van der Waals surface area (Å²) >= 11 is 0. The number of rotatable bonds is 5. The zero-order chi connectivity index (χ0) is 17.2. The minimum absolute atomic E-state index is 0.00359. The molecule has 1 aromatic heterocycles. The lowest BCUT2D eigenvalue weighted by molar-refractivity contribution is 0.0696. The summed E-state index contributed by atoms with van der Waals surface area (Å²) < 4.78 is 27.1. The summed E-state index contributed by atoms with van der Waals surface area (Å²) in [6.07, 6.45) is 3.77. The third-order valence-corrected chi connectivity index (χ3v) is 5.24. The van der Waals surface area contributed by atoms with Gasteiger partial charge < -0.3 is 10.0 Å². The molecule has 0 unspecified atom stereocenters. The van der Waals surface area contributed by atoms with E-state index in [0.717, 1.165) is 31.7 Å². The Morgan fingerprint density at radius 1 is 1.08 bits per heavy atom. The molecule has 2 heterocycles. The first-order valence-corrected chi connectivity index (χ1v) is 9.01. The zero-order valence-electron chi connectivity index (χ0n) is 12.8. The number of pyridine rings is 1. The number of hydrogen-bond donors (Lipinski definition) is 2. The molecule has 0 amide bonds. The number of carbonyl (C=O) groups is 1. The molecule has 2 aromatic rings. The van der Waals surface area contributed by atoms with E-state index < -0.39 is 16.0 Å². The first-order valence-electron chi connectivity index (χ1n) is 7.53. The number of carboxylic acids is 1. The van der Waals surface area contributed by atoms with E-state index in [4.69, 9.17) is 5.11 Å². The van der Waals surface area contributed by atoms with Gasteiger partial charge in [-0.25, -0.2) is 18.2 Å². The molecule has 0 atom stereocenters. The van der Waals surface area contributed by atoms with Gasteiger partial charge in [0.2, 0.25) is 0 Å². The van der Waals surface area contributed by atoms with Gasteiger partial charge >= 0.3 is 5.97 Å². The maximum absolute atomic E-state index is 12.3. The van der Waals surface area contributed by atoms with Gasteiger partial charge in [0.25, 0.3) is 10.0 Å². The molecule has 126 valence electrons. The lowest BCUT2D eigenvalue weighted by atomic mass is 10.2. The number of aromatic nitrogens is 1. The summed E-state index contributed by atoms with van der Waals surface area (Å²) in [6.45, 7) is 1.93. The molecule has 2 N–H and O–H groups in total. The van der Waals surface area contributed by atoms with Crippen molar-refractivity contribution in [1.82, 2.24) is 4.98 Å². The number of aromatic carboxylic acids is 1. The fraction of sp³-hybridized carbons (Fsp3) is 0.250. The van der Waals surface area contributed by atoms with E-state index in [1.54, 1.807) is 12.1 Å². The van der Waals surface area contributed by atoms with Crippen LogP contribution >= 0.6 is 0 Å². The van der Waals surface area contributed by atoms with Crippen molar-refractivity contribution in [2.75, 3.05) is 22.7 Å². The second kappa shape index (κ2) is 6.48. The van der Waals surface area contributed by atoms with E-state index in [2.05, 4.69) is 14.6 Å². The van der Waals surface area contributed by atoms with Crippen molar-refractivity contribution in [2.45, 2.75) is 17.7 Å². The van der Waals surface area contributed by atoms with E-state index in [0.29, 0.717) is 5.69 Å². The molecule has 0 spiro atoms. The number of sulfonamides is 1. The highest BCUT2D eigenvalue weighted by atomic mass is 32.2. The Hall–Kier alpha value is -2.61.